The van der Waals surface area contributed by atoms with Gasteiger partial charge in [0, 0.05) is 13.2 Å². The van der Waals surface area contributed by atoms with Crippen LogP contribution < -0.4 is 10.6 Å². The van der Waals surface area contributed by atoms with Crippen LogP contribution in [0.3, 0.4) is 0 Å². The average Bonchev–Trinajstić information content (AvgIpc) is 3.06. The Bertz CT molecular complexity index is 452. The molecule has 2 heterocycles. The van der Waals surface area contributed by atoms with E-state index in [9.17, 15) is 4.79 Å². The molecule has 1 fully saturated rings. The Morgan fingerprint density at radius 3 is 3.05 bits per heavy atom. The molecule has 0 aliphatic carbocycles. The zero-order valence-electron chi connectivity index (χ0n) is 12.2. The molecule has 1 unspecified atom stereocenters. The van der Waals surface area contributed by atoms with Crippen molar-refractivity contribution in [2.24, 2.45) is 0 Å². The first kappa shape index (κ1) is 14.9. The summed E-state index contributed by atoms with van der Waals surface area (Å²) in [6.07, 6.45) is 2.04. The van der Waals surface area contributed by atoms with E-state index in [1.54, 1.807) is 0 Å². The third-order valence-corrected chi connectivity index (χ3v) is 3.21. The molecule has 1 saturated heterocycles. The van der Waals surface area contributed by atoms with Crippen molar-refractivity contribution in [2.75, 3.05) is 19.7 Å². The van der Waals surface area contributed by atoms with Crippen LogP contribution in [0, 0.1) is 0 Å². The van der Waals surface area contributed by atoms with Gasteiger partial charge in [-0.15, -0.1) is 0 Å². The Balaban J connectivity index is 1.89. The molecule has 0 aromatic carbocycles. The molecule has 0 radical (unpaired) electrons. The second-order valence-corrected chi connectivity index (χ2v) is 5.48. The van der Waals surface area contributed by atoms with Gasteiger partial charge in [-0.3, -0.25) is 4.79 Å². The van der Waals surface area contributed by atoms with Gasteiger partial charge in [0.1, 0.15) is 0 Å². The lowest BCUT2D eigenvalue weighted by Crippen LogP contribution is -2.40. The summed E-state index contributed by atoms with van der Waals surface area (Å²) in [5.74, 6) is 0.212. The van der Waals surface area contributed by atoms with Crippen molar-refractivity contribution in [1.82, 2.24) is 20.8 Å². The van der Waals surface area contributed by atoms with Crippen LogP contribution in [-0.2, 0) is 4.74 Å². The van der Waals surface area contributed by atoms with E-state index in [1.165, 1.54) is 0 Å². The molecule has 7 heteroatoms. The molecule has 1 aliphatic heterocycles. The topological polar surface area (TPSA) is 89.3 Å². The number of rotatable bonds is 6. The molecule has 0 spiro atoms. The maximum atomic E-state index is 12.0. The molecule has 20 heavy (non-hydrogen) atoms. The second-order valence-electron chi connectivity index (χ2n) is 5.48. The number of ether oxygens (including phenoxy) is 1. The fraction of sp³-hybridized carbons (Fsp3) is 0.769. The summed E-state index contributed by atoms with van der Waals surface area (Å²) in [7, 11) is 0. The van der Waals surface area contributed by atoms with Gasteiger partial charge >= 0.3 is 0 Å². The van der Waals surface area contributed by atoms with E-state index < -0.39 is 5.60 Å². The van der Waals surface area contributed by atoms with Crippen LogP contribution in [0.25, 0.3) is 0 Å². The van der Waals surface area contributed by atoms with Gasteiger partial charge in [0.05, 0.1) is 11.6 Å². The zero-order valence-corrected chi connectivity index (χ0v) is 12.2. The third kappa shape index (κ3) is 3.77. The lowest BCUT2D eigenvalue weighted by molar-refractivity contribution is -0.00823. The first-order valence-electron chi connectivity index (χ1n) is 7.01. The SMILES string of the molecule is CCOC(C)(C)CNC(=O)c1noc(C2CCCN2)n1. The number of aromatic nitrogens is 2. The third-order valence-electron chi connectivity index (χ3n) is 3.21. The average molecular weight is 282 g/mol. The number of nitrogens with one attached hydrogen (secondary N) is 2. The fourth-order valence-corrected chi connectivity index (χ4v) is 2.18. The molecule has 1 amide bonds. The standard InChI is InChI=1S/C13H22N4O3/c1-4-19-13(2,3)8-15-11(18)10-16-12(20-17-10)9-6-5-7-14-9/h9,14H,4-8H2,1-3H3,(H,15,18). The van der Waals surface area contributed by atoms with Crippen LogP contribution in [-0.4, -0.2) is 41.3 Å². The van der Waals surface area contributed by atoms with Crippen molar-refractivity contribution in [3.8, 4) is 0 Å². The van der Waals surface area contributed by atoms with Crippen molar-refractivity contribution in [1.29, 1.82) is 0 Å². The van der Waals surface area contributed by atoms with Crippen molar-refractivity contribution < 1.29 is 14.1 Å². The Labute approximate surface area is 118 Å². The normalized spacial score (nSPS) is 19.2. The summed E-state index contributed by atoms with van der Waals surface area (Å²) >= 11 is 0. The predicted molar refractivity (Wildman–Crippen MR) is 72.3 cm³/mol. The Morgan fingerprint density at radius 1 is 1.60 bits per heavy atom. The molecule has 1 atom stereocenters. The molecule has 1 aromatic rings. The summed E-state index contributed by atoms with van der Waals surface area (Å²) in [5.41, 5.74) is -0.413. The molecular formula is C13H22N4O3. The highest BCUT2D eigenvalue weighted by Gasteiger charge is 2.25. The van der Waals surface area contributed by atoms with E-state index in [-0.39, 0.29) is 17.8 Å². The van der Waals surface area contributed by atoms with Gasteiger partial charge in [-0.1, -0.05) is 5.16 Å². The minimum Gasteiger partial charge on any atom is -0.374 e. The van der Waals surface area contributed by atoms with Gasteiger partial charge in [0.15, 0.2) is 0 Å². The van der Waals surface area contributed by atoms with Crippen LogP contribution in [0.15, 0.2) is 4.52 Å². The van der Waals surface area contributed by atoms with E-state index in [4.69, 9.17) is 9.26 Å². The molecule has 1 aromatic heterocycles. The molecular weight excluding hydrogens is 260 g/mol. The number of hydrogen-bond acceptors (Lipinski definition) is 6. The van der Waals surface area contributed by atoms with Crippen molar-refractivity contribution in [3.05, 3.63) is 11.7 Å². The summed E-state index contributed by atoms with van der Waals surface area (Å²) in [6.45, 7) is 7.69. The fourth-order valence-electron chi connectivity index (χ4n) is 2.18. The van der Waals surface area contributed by atoms with E-state index in [0.29, 0.717) is 19.0 Å². The molecule has 0 bridgehead atoms. The van der Waals surface area contributed by atoms with E-state index in [0.717, 1.165) is 19.4 Å². The molecule has 0 saturated carbocycles. The first-order chi connectivity index (χ1) is 9.52. The highest BCUT2D eigenvalue weighted by molar-refractivity contribution is 5.90. The highest BCUT2D eigenvalue weighted by atomic mass is 16.5. The number of carbonyl (C=O) groups is 1. The van der Waals surface area contributed by atoms with Crippen LogP contribution >= 0.6 is 0 Å². The summed E-state index contributed by atoms with van der Waals surface area (Å²) in [4.78, 5) is 16.1. The van der Waals surface area contributed by atoms with Crippen LogP contribution in [0.5, 0.6) is 0 Å². The monoisotopic (exact) mass is 282 g/mol. The van der Waals surface area contributed by atoms with Crippen LogP contribution in [0.4, 0.5) is 0 Å². The molecule has 2 N–H and O–H groups in total. The van der Waals surface area contributed by atoms with Crippen LogP contribution in [0.2, 0.25) is 0 Å². The summed E-state index contributed by atoms with van der Waals surface area (Å²) in [5, 5.41) is 9.74. The van der Waals surface area contributed by atoms with Gasteiger partial charge in [-0.05, 0) is 40.2 Å². The zero-order chi connectivity index (χ0) is 14.6. The lowest BCUT2D eigenvalue weighted by Gasteiger charge is -2.24. The highest BCUT2D eigenvalue weighted by Crippen LogP contribution is 2.21. The number of carbonyl (C=O) groups excluding carboxylic acids is 1. The Morgan fingerprint density at radius 2 is 2.40 bits per heavy atom. The van der Waals surface area contributed by atoms with Crippen LogP contribution in [0.1, 0.15) is 56.2 Å². The smallest absolute Gasteiger partial charge is 0.292 e. The second kappa shape index (κ2) is 6.32. The van der Waals surface area contributed by atoms with Gasteiger partial charge < -0.3 is 19.9 Å². The number of nitrogens with zero attached hydrogens (tertiary/aromatic N) is 2. The van der Waals surface area contributed by atoms with Crippen molar-refractivity contribution >= 4 is 5.91 Å². The first-order valence-corrected chi connectivity index (χ1v) is 7.01. The molecule has 2 rings (SSSR count). The van der Waals surface area contributed by atoms with Gasteiger partial charge in [-0.25, -0.2) is 0 Å². The van der Waals surface area contributed by atoms with Gasteiger partial charge in [-0.2, -0.15) is 4.98 Å². The molecule has 112 valence electrons. The molecule has 1 aliphatic rings. The van der Waals surface area contributed by atoms with E-state index in [1.807, 2.05) is 20.8 Å². The van der Waals surface area contributed by atoms with Gasteiger partial charge in [0.2, 0.25) is 5.89 Å². The van der Waals surface area contributed by atoms with E-state index in [2.05, 4.69) is 20.8 Å². The largest absolute Gasteiger partial charge is 0.374 e. The maximum absolute atomic E-state index is 12.0. The van der Waals surface area contributed by atoms with Gasteiger partial charge in [0.25, 0.3) is 11.7 Å². The predicted octanol–water partition coefficient (Wildman–Crippen LogP) is 1.04. The number of hydrogen-bond donors (Lipinski definition) is 2. The minimum atomic E-state index is -0.413. The van der Waals surface area contributed by atoms with E-state index >= 15 is 0 Å². The lowest BCUT2D eigenvalue weighted by atomic mass is 10.1. The summed E-state index contributed by atoms with van der Waals surface area (Å²) < 4.78 is 10.6. The Hall–Kier alpha value is -1.47. The minimum absolute atomic E-state index is 0.0704. The molecule has 7 nitrogen and oxygen atoms in total. The Kier molecular flexibility index (Phi) is 4.72. The van der Waals surface area contributed by atoms with Crippen molar-refractivity contribution in [3.63, 3.8) is 0 Å². The summed E-state index contributed by atoms with van der Waals surface area (Å²) in [6, 6.07) is 0.0731. The maximum Gasteiger partial charge on any atom is 0.292 e. The number of amides is 1. The van der Waals surface area contributed by atoms with Crippen molar-refractivity contribution in [2.45, 2.75) is 45.3 Å². The quantitative estimate of drug-likeness (QED) is 0.810.